The van der Waals surface area contributed by atoms with E-state index in [9.17, 15) is 0 Å². The van der Waals surface area contributed by atoms with Gasteiger partial charge in [0.25, 0.3) is 0 Å². The van der Waals surface area contributed by atoms with Gasteiger partial charge in [0.2, 0.25) is 0 Å². The molecule has 17 heavy (non-hydrogen) atoms. The van der Waals surface area contributed by atoms with Gasteiger partial charge in [0.1, 0.15) is 5.15 Å². The summed E-state index contributed by atoms with van der Waals surface area (Å²) >= 11 is 5.72. The van der Waals surface area contributed by atoms with Crippen molar-refractivity contribution in [1.82, 2.24) is 4.98 Å². The van der Waals surface area contributed by atoms with Crippen LogP contribution in [0.5, 0.6) is 0 Å². The molecule has 0 atom stereocenters. The van der Waals surface area contributed by atoms with Crippen LogP contribution in [-0.2, 0) is 13.0 Å². The van der Waals surface area contributed by atoms with Crippen molar-refractivity contribution in [1.29, 1.82) is 0 Å². The third kappa shape index (κ3) is 3.46. The maximum absolute atomic E-state index is 5.72. The third-order valence-electron chi connectivity index (χ3n) is 2.66. The predicted molar refractivity (Wildman–Crippen MR) is 72.4 cm³/mol. The number of hydrogen-bond donors (Lipinski definition) is 1. The van der Waals surface area contributed by atoms with Crippen LogP contribution in [0.2, 0.25) is 5.15 Å². The van der Waals surface area contributed by atoms with Crippen molar-refractivity contribution in [2.24, 2.45) is 0 Å². The second-order valence-electron chi connectivity index (χ2n) is 3.89. The van der Waals surface area contributed by atoms with E-state index in [1.807, 2.05) is 6.07 Å². The highest BCUT2D eigenvalue weighted by Crippen LogP contribution is 2.12. The Balaban J connectivity index is 1.95. The summed E-state index contributed by atoms with van der Waals surface area (Å²) in [6, 6.07) is 12.3. The third-order valence-corrected chi connectivity index (χ3v) is 2.88. The zero-order valence-corrected chi connectivity index (χ0v) is 10.5. The number of nitrogens with one attached hydrogen (secondary N) is 1. The zero-order chi connectivity index (χ0) is 12.1. The van der Waals surface area contributed by atoms with Crippen LogP contribution in [0.4, 0.5) is 5.69 Å². The quantitative estimate of drug-likeness (QED) is 0.828. The van der Waals surface area contributed by atoms with Crippen molar-refractivity contribution in [2.45, 2.75) is 19.9 Å². The fraction of sp³-hybridized carbons (Fsp3) is 0.214. The Morgan fingerprint density at radius 1 is 1.06 bits per heavy atom. The van der Waals surface area contributed by atoms with Gasteiger partial charge in [-0.1, -0.05) is 42.8 Å². The van der Waals surface area contributed by atoms with Crippen LogP contribution in [0, 0.1) is 0 Å². The summed E-state index contributed by atoms with van der Waals surface area (Å²) in [6.07, 6.45) is 2.82. The predicted octanol–water partition coefficient (Wildman–Crippen LogP) is 3.91. The lowest BCUT2D eigenvalue weighted by Gasteiger charge is -2.06. The van der Waals surface area contributed by atoms with Crippen LogP contribution in [0.3, 0.4) is 0 Å². The van der Waals surface area contributed by atoms with Crippen LogP contribution in [0.15, 0.2) is 42.6 Å². The van der Waals surface area contributed by atoms with Crippen molar-refractivity contribution in [3.8, 4) is 0 Å². The van der Waals surface area contributed by atoms with Gasteiger partial charge < -0.3 is 5.32 Å². The molecule has 1 aromatic heterocycles. The molecule has 88 valence electrons. The molecule has 0 radical (unpaired) electrons. The van der Waals surface area contributed by atoms with Crippen molar-refractivity contribution in [2.75, 3.05) is 5.32 Å². The molecule has 2 rings (SSSR count). The van der Waals surface area contributed by atoms with Crippen LogP contribution in [0.1, 0.15) is 18.1 Å². The summed E-state index contributed by atoms with van der Waals surface area (Å²) in [5.41, 5.74) is 3.60. The van der Waals surface area contributed by atoms with E-state index in [0.29, 0.717) is 5.15 Å². The molecule has 0 spiro atoms. The lowest BCUT2D eigenvalue weighted by molar-refractivity contribution is 1.10. The topological polar surface area (TPSA) is 24.9 Å². The lowest BCUT2D eigenvalue weighted by Crippen LogP contribution is -1.99. The van der Waals surface area contributed by atoms with Crippen LogP contribution in [-0.4, -0.2) is 4.98 Å². The summed E-state index contributed by atoms with van der Waals surface area (Å²) in [6.45, 7) is 2.96. The van der Waals surface area contributed by atoms with E-state index in [1.54, 1.807) is 12.3 Å². The van der Waals surface area contributed by atoms with Gasteiger partial charge in [-0.3, -0.25) is 0 Å². The summed E-state index contributed by atoms with van der Waals surface area (Å²) in [7, 11) is 0. The van der Waals surface area contributed by atoms with Crippen LogP contribution in [0.25, 0.3) is 0 Å². The number of aromatic nitrogens is 1. The van der Waals surface area contributed by atoms with Crippen molar-refractivity contribution < 1.29 is 0 Å². The van der Waals surface area contributed by atoms with Gasteiger partial charge in [-0.2, -0.15) is 0 Å². The Morgan fingerprint density at radius 2 is 1.76 bits per heavy atom. The number of halogens is 1. The molecule has 1 N–H and O–H groups in total. The monoisotopic (exact) mass is 246 g/mol. The van der Waals surface area contributed by atoms with E-state index in [2.05, 4.69) is 41.5 Å². The SMILES string of the molecule is CCc1ccc(CNc2ccc(Cl)nc2)cc1. The van der Waals surface area contributed by atoms with Gasteiger partial charge in [-0.15, -0.1) is 0 Å². The Morgan fingerprint density at radius 3 is 2.35 bits per heavy atom. The molecule has 0 saturated heterocycles. The molecule has 0 aliphatic heterocycles. The van der Waals surface area contributed by atoms with Gasteiger partial charge in [0.15, 0.2) is 0 Å². The van der Waals surface area contributed by atoms with E-state index in [4.69, 9.17) is 11.6 Å². The maximum atomic E-state index is 5.72. The molecule has 1 heterocycles. The number of pyridine rings is 1. The number of anilines is 1. The largest absolute Gasteiger partial charge is 0.380 e. The fourth-order valence-corrected chi connectivity index (χ4v) is 1.69. The van der Waals surface area contributed by atoms with E-state index in [1.165, 1.54) is 11.1 Å². The second kappa shape index (κ2) is 5.69. The Bertz CT molecular complexity index is 463. The minimum Gasteiger partial charge on any atom is -0.380 e. The molecule has 0 amide bonds. The number of nitrogens with zero attached hydrogens (tertiary/aromatic N) is 1. The molecule has 0 aliphatic rings. The van der Waals surface area contributed by atoms with Gasteiger partial charge in [-0.05, 0) is 29.7 Å². The number of benzene rings is 1. The summed E-state index contributed by atoms with van der Waals surface area (Å²) in [5, 5.41) is 3.82. The first-order valence-electron chi connectivity index (χ1n) is 5.71. The minimum absolute atomic E-state index is 0.517. The first-order valence-corrected chi connectivity index (χ1v) is 6.09. The minimum atomic E-state index is 0.517. The van der Waals surface area contributed by atoms with Gasteiger partial charge in [-0.25, -0.2) is 4.98 Å². The molecule has 3 heteroatoms. The van der Waals surface area contributed by atoms with Crippen LogP contribution < -0.4 is 5.32 Å². The smallest absolute Gasteiger partial charge is 0.129 e. The Labute approximate surface area is 107 Å². The zero-order valence-electron chi connectivity index (χ0n) is 9.78. The first-order chi connectivity index (χ1) is 8.28. The molecule has 2 nitrogen and oxygen atoms in total. The Hall–Kier alpha value is -1.54. The normalized spacial score (nSPS) is 10.2. The highest BCUT2D eigenvalue weighted by atomic mass is 35.5. The fourth-order valence-electron chi connectivity index (χ4n) is 1.58. The average molecular weight is 247 g/mol. The van der Waals surface area contributed by atoms with Crippen molar-refractivity contribution in [3.63, 3.8) is 0 Å². The van der Waals surface area contributed by atoms with Gasteiger partial charge >= 0.3 is 0 Å². The summed E-state index contributed by atoms with van der Waals surface area (Å²) < 4.78 is 0. The van der Waals surface area contributed by atoms with Gasteiger partial charge in [0.05, 0.1) is 11.9 Å². The molecular formula is C14H15ClN2. The molecule has 0 bridgehead atoms. The lowest BCUT2D eigenvalue weighted by atomic mass is 10.1. The van der Waals surface area contributed by atoms with Crippen molar-refractivity contribution in [3.05, 3.63) is 58.9 Å². The maximum Gasteiger partial charge on any atom is 0.129 e. The molecule has 2 aromatic rings. The second-order valence-corrected chi connectivity index (χ2v) is 4.28. The molecule has 0 saturated carbocycles. The average Bonchev–Trinajstić information content (AvgIpc) is 2.39. The van der Waals surface area contributed by atoms with E-state index < -0.39 is 0 Å². The standard InChI is InChI=1S/C14H15ClN2/c1-2-11-3-5-12(6-4-11)9-16-13-7-8-14(15)17-10-13/h3-8,10,16H,2,9H2,1H3. The molecule has 0 fully saturated rings. The molecule has 1 aromatic carbocycles. The number of hydrogen-bond acceptors (Lipinski definition) is 2. The first kappa shape index (κ1) is 11.9. The van der Waals surface area contributed by atoms with Gasteiger partial charge in [0, 0.05) is 6.54 Å². The van der Waals surface area contributed by atoms with E-state index in [0.717, 1.165) is 18.7 Å². The van der Waals surface area contributed by atoms with E-state index >= 15 is 0 Å². The highest BCUT2D eigenvalue weighted by Gasteiger charge is 1.95. The highest BCUT2D eigenvalue weighted by molar-refractivity contribution is 6.29. The molecular weight excluding hydrogens is 232 g/mol. The summed E-state index contributed by atoms with van der Waals surface area (Å²) in [5.74, 6) is 0. The molecule has 0 aliphatic carbocycles. The van der Waals surface area contributed by atoms with E-state index in [-0.39, 0.29) is 0 Å². The number of rotatable bonds is 4. The van der Waals surface area contributed by atoms with Crippen molar-refractivity contribution >= 4 is 17.3 Å². The Kier molecular flexibility index (Phi) is 3.99. The number of aryl methyl sites for hydroxylation is 1. The van der Waals surface area contributed by atoms with Crippen LogP contribution >= 0.6 is 11.6 Å². The molecule has 0 unspecified atom stereocenters. The summed E-state index contributed by atoms with van der Waals surface area (Å²) in [4.78, 5) is 4.02.